The van der Waals surface area contributed by atoms with E-state index in [9.17, 15) is 5.11 Å². The molecule has 118 valence electrons. The van der Waals surface area contributed by atoms with Crippen molar-refractivity contribution in [2.45, 2.75) is 46.6 Å². The Morgan fingerprint density at radius 3 is 2.33 bits per heavy atom. The van der Waals surface area contributed by atoms with Crippen LogP contribution in [0.25, 0.3) is 0 Å². The van der Waals surface area contributed by atoms with Crippen LogP contribution in [0.5, 0.6) is 0 Å². The van der Waals surface area contributed by atoms with Crippen molar-refractivity contribution in [3.63, 3.8) is 0 Å². The molecule has 1 N–H and O–H groups in total. The summed E-state index contributed by atoms with van der Waals surface area (Å²) in [5, 5.41) is 10.4. The van der Waals surface area contributed by atoms with Gasteiger partial charge >= 0.3 is 0 Å². The van der Waals surface area contributed by atoms with E-state index in [2.05, 4.69) is 56.9 Å². The molecule has 0 aliphatic carbocycles. The minimum absolute atomic E-state index is 0.357. The van der Waals surface area contributed by atoms with Gasteiger partial charge in [-0.05, 0) is 48.3 Å². The van der Waals surface area contributed by atoms with Crippen LogP contribution in [0.15, 0.2) is 24.3 Å². The molecule has 2 rings (SSSR count). The summed E-state index contributed by atoms with van der Waals surface area (Å²) in [4.78, 5) is 2.41. The summed E-state index contributed by atoms with van der Waals surface area (Å²) in [7, 11) is 0. The molecule has 0 saturated carbocycles. The number of aliphatic hydroxyl groups excluding tert-OH is 1. The van der Waals surface area contributed by atoms with E-state index in [1.165, 1.54) is 12.0 Å². The summed E-state index contributed by atoms with van der Waals surface area (Å²) >= 11 is 0. The van der Waals surface area contributed by atoms with E-state index >= 15 is 0 Å². The smallest absolute Gasteiger partial charge is 0.0916 e. The van der Waals surface area contributed by atoms with Crippen LogP contribution in [0.1, 0.15) is 51.3 Å². The summed E-state index contributed by atoms with van der Waals surface area (Å²) in [6.07, 6.45) is 2.03. The van der Waals surface area contributed by atoms with Gasteiger partial charge in [0.15, 0.2) is 0 Å². The minimum atomic E-state index is -0.357. The van der Waals surface area contributed by atoms with E-state index in [-0.39, 0.29) is 6.10 Å². The lowest BCUT2D eigenvalue weighted by molar-refractivity contribution is 0.123. The molecular weight excluding hydrogens is 258 g/mol. The SMILES string of the molecule is CC(C)Cc1ccc(C(O)CN2CCC(C(C)C)C2)cc1. The highest BCUT2D eigenvalue weighted by Crippen LogP contribution is 2.25. The Morgan fingerprint density at radius 2 is 1.81 bits per heavy atom. The quantitative estimate of drug-likeness (QED) is 0.858. The average Bonchev–Trinajstić information content (AvgIpc) is 2.87. The molecule has 1 saturated heterocycles. The van der Waals surface area contributed by atoms with Gasteiger partial charge in [0.1, 0.15) is 0 Å². The van der Waals surface area contributed by atoms with Crippen LogP contribution in [0.3, 0.4) is 0 Å². The molecule has 0 radical (unpaired) electrons. The molecule has 21 heavy (non-hydrogen) atoms. The number of likely N-dealkylation sites (tertiary alicyclic amines) is 1. The number of nitrogens with zero attached hydrogens (tertiary/aromatic N) is 1. The van der Waals surface area contributed by atoms with Crippen LogP contribution in [-0.4, -0.2) is 29.6 Å². The lowest BCUT2D eigenvalue weighted by Gasteiger charge is -2.21. The van der Waals surface area contributed by atoms with Crippen LogP contribution in [0.2, 0.25) is 0 Å². The maximum Gasteiger partial charge on any atom is 0.0916 e. The monoisotopic (exact) mass is 289 g/mol. The highest BCUT2D eigenvalue weighted by Gasteiger charge is 2.26. The van der Waals surface area contributed by atoms with Crippen molar-refractivity contribution < 1.29 is 5.11 Å². The van der Waals surface area contributed by atoms with Crippen LogP contribution in [-0.2, 0) is 6.42 Å². The van der Waals surface area contributed by atoms with Gasteiger partial charge in [-0.1, -0.05) is 52.0 Å². The van der Waals surface area contributed by atoms with Crippen LogP contribution >= 0.6 is 0 Å². The fraction of sp³-hybridized carbons (Fsp3) is 0.684. The normalized spacial score (nSPS) is 21.4. The Labute approximate surface area is 130 Å². The molecule has 2 atom stereocenters. The number of aliphatic hydroxyl groups is 1. The van der Waals surface area contributed by atoms with E-state index in [1.807, 2.05) is 0 Å². The molecule has 0 spiro atoms. The molecule has 1 heterocycles. The molecule has 0 bridgehead atoms. The van der Waals surface area contributed by atoms with Crippen molar-refractivity contribution in [1.82, 2.24) is 4.90 Å². The van der Waals surface area contributed by atoms with Gasteiger partial charge < -0.3 is 10.0 Å². The topological polar surface area (TPSA) is 23.5 Å². The fourth-order valence-electron chi connectivity index (χ4n) is 3.27. The van der Waals surface area contributed by atoms with Crippen LogP contribution in [0, 0.1) is 17.8 Å². The van der Waals surface area contributed by atoms with Gasteiger partial charge in [0.2, 0.25) is 0 Å². The van der Waals surface area contributed by atoms with Crippen molar-refractivity contribution in [2.24, 2.45) is 17.8 Å². The Balaban J connectivity index is 1.87. The molecule has 0 amide bonds. The summed E-state index contributed by atoms with van der Waals surface area (Å²) in [5.41, 5.74) is 2.41. The van der Waals surface area contributed by atoms with E-state index in [4.69, 9.17) is 0 Å². The number of benzene rings is 1. The van der Waals surface area contributed by atoms with Crippen molar-refractivity contribution in [3.8, 4) is 0 Å². The zero-order valence-corrected chi connectivity index (χ0v) is 14.0. The first-order chi connectivity index (χ1) is 9.95. The van der Waals surface area contributed by atoms with Gasteiger partial charge in [-0.15, -0.1) is 0 Å². The second-order valence-corrected chi connectivity index (χ2v) is 7.41. The Hall–Kier alpha value is -0.860. The van der Waals surface area contributed by atoms with Crippen molar-refractivity contribution in [2.75, 3.05) is 19.6 Å². The Bertz CT molecular complexity index is 424. The van der Waals surface area contributed by atoms with Crippen LogP contribution in [0.4, 0.5) is 0 Å². The predicted molar refractivity (Wildman–Crippen MR) is 89.3 cm³/mol. The van der Waals surface area contributed by atoms with Crippen molar-refractivity contribution in [1.29, 1.82) is 0 Å². The van der Waals surface area contributed by atoms with Gasteiger partial charge in [0.25, 0.3) is 0 Å². The standard InChI is InChI=1S/C19H31NO/c1-14(2)11-16-5-7-17(8-6-16)19(21)13-20-10-9-18(12-20)15(3)4/h5-8,14-15,18-19,21H,9-13H2,1-4H3. The predicted octanol–water partition coefficient (Wildman–Crippen LogP) is 3.90. The Morgan fingerprint density at radius 1 is 1.14 bits per heavy atom. The fourth-order valence-corrected chi connectivity index (χ4v) is 3.27. The first-order valence-corrected chi connectivity index (χ1v) is 8.45. The van der Waals surface area contributed by atoms with Gasteiger partial charge in [-0.3, -0.25) is 0 Å². The van der Waals surface area contributed by atoms with Crippen molar-refractivity contribution >= 4 is 0 Å². The molecule has 1 aliphatic rings. The second kappa shape index (κ2) is 7.42. The van der Waals surface area contributed by atoms with E-state index in [0.29, 0.717) is 5.92 Å². The van der Waals surface area contributed by atoms with Gasteiger partial charge in [-0.2, -0.15) is 0 Å². The highest BCUT2D eigenvalue weighted by atomic mass is 16.3. The molecule has 1 aliphatic heterocycles. The third kappa shape index (κ3) is 4.82. The maximum atomic E-state index is 10.4. The van der Waals surface area contributed by atoms with Gasteiger partial charge in [0.05, 0.1) is 6.10 Å². The largest absolute Gasteiger partial charge is 0.387 e. The third-order valence-corrected chi connectivity index (χ3v) is 4.69. The lowest BCUT2D eigenvalue weighted by atomic mass is 9.95. The van der Waals surface area contributed by atoms with E-state index in [0.717, 1.165) is 43.5 Å². The number of rotatable bonds is 6. The molecule has 0 aromatic heterocycles. The summed E-state index contributed by atoms with van der Waals surface area (Å²) < 4.78 is 0. The summed E-state index contributed by atoms with van der Waals surface area (Å²) in [6.45, 7) is 12.1. The summed E-state index contributed by atoms with van der Waals surface area (Å²) in [5.74, 6) is 2.23. The number of hydrogen-bond acceptors (Lipinski definition) is 2. The first kappa shape index (κ1) is 16.5. The van der Waals surface area contributed by atoms with Gasteiger partial charge in [-0.25, -0.2) is 0 Å². The maximum absolute atomic E-state index is 10.4. The second-order valence-electron chi connectivity index (χ2n) is 7.41. The van der Waals surface area contributed by atoms with E-state index < -0.39 is 0 Å². The molecular formula is C19H31NO. The van der Waals surface area contributed by atoms with Crippen molar-refractivity contribution in [3.05, 3.63) is 35.4 Å². The van der Waals surface area contributed by atoms with E-state index in [1.54, 1.807) is 0 Å². The zero-order chi connectivity index (χ0) is 15.4. The summed E-state index contributed by atoms with van der Waals surface area (Å²) in [6, 6.07) is 8.52. The molecule has 2 nitrogen and oxygen atoms in total. The average molecular weight is 289 g/mol. The molecule has 2 heteroatoms. The van der Waals surface area contributed by atoms with Gasteiger partial charge in [0, 0.05) is 13.1 Å². The molecule has 2 unspecified atom stereocenters. The zero-order valence-electron chi connectivity index (χ0n) is 14.0. The molecule has 1 aromatic carbocycles. The molecule has 1 aromatic rings. The number of hydrogen-bond donors (Lipinski definition) is 1. The minimum Gasteiger partial charge on any atom is -0.387 e. The first-order valence-electron chi connectivity index (χ1n) is 8.45. The van der Waals surface area contributed by atoms with Crippen LogP contribution < -0.4 is 0 Å². The lowest BCUT2D eigenvalue weighted by Crippen LogP contribution is -2.27. The molecule has 1 fully saturated rings. The third-order valence-electron chi connectivity index (χ3n) is 4.69. The number of β-amino-alcohol motifs (C(OH)–C–C–N with tert-alkyl or cyclic N) is 1. The Kier molecular flexibility index (Phi) is 5.83. The highest BCUT2D eigenvalue weighted by molar-refractivity contribution is 5.24.